The van der Waals surface area contributed by atoms with Crippen molar-refractivity contribution in [2.75, 3.05) is 30.9 Å². The van der Waals surface area contributed by atoms with Crippen LogP contribution < -0.4 is 10.6 Å². The highest BCUT2D eigenvalue weighted by molar-refractivity contribution is 5.95. The first-order valence-corrected chi connectivity index (χ1v) is 8.54. The van der Waals surface area contributed by atoms with Crippen molar-refractivity contribution < 1.29 is 9.53 Å². The van der Waals surface area contributed by atoms with Gasteiger partial charge >= 0.3 is 0 Å². The van der Waals surface area contributed by atoms with E-state index >= 15 is 0 Å². The second kappa shape index (κ2) is 8.15. The number of rotatable bonds is 8. The van der Waals surface area contributed by atoms with Gasteiger partial charge in [-0.2, -0.15) is 0 Å². The Morgan fingerprint density at radius 3 is 2.83 bits per heavy atom. The molecule has 0 spiro atoms. The zero-order valence-corrected chi connectivity index (χ0v) is 15.1. The fourth-order valence-electron chi connectivity index (χ4n) is 2.68. The topological polar surface area (TPSA) is 73.4 Å². The van der Waals surface area contributed by atoms with E-state index in [-0.39, 0.29) is 5.91 Å². The predicted octanol–water partition coefficient (Wildman–Crippen LogP) is 3.05. The smallest absolute Gasteiger partial charge is 0.226 e. The van der Waals surface area contributed by atoms with Gasteiger partial charge in [0.05, 0.1) is 11.0 Å². The Bertz CT molecular complexity index is 694. The number of fused-ring (bicyclic) bond motifs is 1. The summed E-state index contributed by atoms with van der Waals surface area (Å²) in [5.41, 5.74) is 8.68. The maximum Gasteiger partial charge on any atom is 0.226 e. The molecule has 0 atom stereocenters. The quantitative estimate of drug-likeness (QED) is 0.754. The largest absolute Gasteiger partial charge is 0.382 e. The summed E-state index contributed by atoms with van der Waals surface area (Å²) in [6.07, 6.45) is 1.42. The molecule has 2 aromatic rings. The molecule has 0 aliphatic rings. The lowest BCUT2D eigenvalue weighted by atomic mass is 10.1. The standard InChI is InChI=1S/C18H28N4O2/c1-5-24-10-6-9-22-16-8-7-14(12-15(16)20-18(22)19)21(4)17(23)11-13(2)3/h7-8,12-13H,5-6,9-11H2,1-4H3,(H2,19,20). The molecular weight excluding hydrogens is 304 g/mol. The lowest BCUT2D eigenvalue weighted by Crippen LogP contribution is -2.27. The number of ether oxygens (including phenoxy) is 1. The minimum Gasteiger partial charge on any atom is -0.382 e. The molecule has 0 unspecified atom stereocenters. The van der Waals surface area contributed by atoms with E-state index in [0.717, 1.165) is 36.3 Å². The second-order valence-corrected chi connectivity index (χ2v) is 6.40. The molecule has 0 saturated heterocycles. The van der Waals surface area contributed by atoms with Gasteiger partial charge in [0.25, 0.3) is 0 Å². The lowest BCUT2D eigenvalue weighted by molar-refractivity contribution is -0.119. The molecular formula is C18H28N4O2. The number of aromatic nitrogens is 2. The molecule has 1 amide bonds. The van der Waals surface area contributed by atoms with Crippen molar-refractivity contribution >= 4 is 28.6 Å². The molecule has 1 aromatic heterocycles. The summed E-state index contributed by atoms with van der Waals surface area (Å²) in [6.45, 7) is 8.27. The van der Waals surface area contributed by atoms with Crippen LogP contribution in [0.25, 0.3) is 11.0 Å². The maximum atomic E-state index is 12.2. The average molecular weight is 332 g/mol. The van der Waals surface area contributed by atoms with Gasteiger partial charge in [0.1, 0.15) is 0 Å². The number of amides is 1. The lowest BCUT2D eigenvalue weighted by Gasteiger charge is -2.18. The van der Waals surface area contributed by atoms with Gasteiger partial charge in [0, 0.05) is 38.9 Å². The second-order valence-electron chi connectivity index (χ2n) is 6.40. The zero-order chi connectivity index (χ0) is 17.7. The third-order valence-electron chi connectivity index (χ3n) is 3.98. The van der Waals surface area contributed by atoms with E-state index in [1.165, 1.54) is 0 Å². The zero-order valence-electron chi connectivity index (χ0n) is 15.1. The molecule has 0 radical (unpaired) electrons. The first kappa shape index (κ1) is 18.3. The van der Waals surface area contributed by atoms with Gasteiger partial charge in [-0.25, -0.2) is 4.98 Å². The molecule has 0 bridgehead atoms. The number of aryl methyl sites for hydroxylation is 1. The van der Waals surface area contributed by atoms with Gasteiger partial charge in [-0.1, -0.05) is 13.8 Å². The van der Waals surface area contributed by atoms with E-state index in [1.54, 1.807) is 11.9 Å². The Hall–Kier alpha value is -2.08. The Labute approximate surface area is 143 Å². The van der Waals surface area contributed by atoms with E-state index in [4.69, 9.17) is 10.5 Å². The summed E-state index contributed by atoms with van der Waals surface area (Å²) in [5, 5.41) is 0. The molecule has 6 heteroatoms. The number of hydrogen-bond donors (Lipinski definition) is 1. The first-order chi connectivity index (χ1) is 11.4. The minimum absolute atomic E-state index is 0.105. The highest BCUT2D eigenvalue weighted by Gasteiger charge is 2.15. The molecule has 0 aliphatic carbocycles. The highest BCUT2D eigenvalue weighted by atomic mass is 16.5. The van der Waals surface area contributed by atoms with Gasteiger partial charge in [0.15, 0.2) is 0 Å². The highest BCUT2D eigenvalue weighted by Crippen LogP contribution is 2.24. The van der Waals surface area contributed by atoms with Crippen molar-refractivity contribution in [3.05, 3.63) is 18.2 Å². The van der Waals surface area contributed by atoms with Gasteiger partial charge in [-0.15, -0.1) is 0 Å². The third-order valence-corrected chi connectivity index (χ3v) is 3.98. The van der Waals surface area contributed by atoms with Crippen LogP contribution >= 0.6 is 0 Å². The average Bonchev–Trinajstić information content (AvgIpc) is 2.84. The van der Waals surface area contributed by atoms with Crippen molar-refractivity contribution in [1.82, 2.24) is 9.55 Å². The summed E-state index contributed by atoms with van der Waals surface area (Å²) in [7, 11) is 1.80. The van der Waals surface area contributed by atoms with Crippen molar-refractivity contribution in [3.8, 4) is 0 Å². The Morgan fingerprint density at radius 2 is 2.17 bits per heavy atom. The van der Waals surface area contributed by atoms with Gasteiger partial charge < -0.3 is 19.9 Å². The fourth-order valence-corrected chi connectivity index (χ4v) is 2.68. The Balaban J connectivity index is 2.18. The van der Waals surface area contributed by atoms with Gasteiger partial charge in [-0.3, -0.25) is 4.79 Å². The number of hydrogen-bond acceptors (Lipinski definition) is 4. The van der Waals surface area contributed by atoms with Crippen molar-refractivity contribution in [1.29, 1.82) is 0 Å². The SMILES string of the molecule is CCOCCCn1c(N)nc2cc(N(C)C(=O)CC(C)C)ccc21. The summed E-state index contributed by atoms with van der Waals surface area (Å²) >= 11 is 0. The number of carbonyl (C=O) groups excluding carboxylic acids is 1. The summed E-state index contributed by atoms with van der Waals surface area (Å²) < 4.78 is 7.37. The van der Waals surface area contributed by atoms with Crippen molar-refractivity contribution in [3.63, 3.8) is 0 Å². The van der Waals surface area contributed by atoms with Gasteiger partial charge in [-0.05, 0) is 37.5 Å². The molecule has 0 fully saturated rings. The summed E-state index contributed by atoms with van der Waals surface area (Å²) in [4.78, 5) is 18.3. The van der Waals surface area contributed by atoms with Crippen LogP contribution in [0.2, 0.25) is 0 Å². The summed E-state index contributed by atoms with van der Waals surface area (Å²) in [5.74, 6) is 0.937. The van der Waals surface area contributed by atoms with E-state index in [0.29, 0.717) is 24.9 Å². The molecule has 0 saturated carbocycles. The Morgan fingerprint density at radius 1 is 1.42 bits per heavy atom. The van der Waals surface area contributed by atoms with Crippen LogP contribution in [0, 0.1) is 5.92 Å². The molecule has 24 heavy (non-hydrogen) atoms. The first-order valence-electron chi connectivity index (χ1n) is 8.54. The van der Waals surface area contributed by atoms with E-state index in [1.807, 2.05) is 43.5 Å². The number of carbonyl (C=O) groups is 1. The summed E-state index contributed by atoms with van der Waals surface area (Å²) in [6, 6.07) is 5.84. The van der Waals surface area contributed by atoms with Gasteiger partial charge in [0.2, 0.25) is 11.9 Å². The van der Waals surface area contributed by atoms with Crippen LogP contribution in [-0.2, 0) is 16.1 Å². The van der Waals surface area contributed by atoms with E-state index in [9.17, 15) is 4.79 Å². The van der Waals surface area contributed by atoms with E-state index in [2.05, 4.69) is 4.98 Å². The van der Waals surface area contributed by atoms with E-state index < -0.39 is 0 Å². The molecule has 1 heterocycles. The van der Waals surface area contributed by atoms with Crippen LogP contribution in [0.3, 0.4) is 0 Å². The number of nitrogens with zero attached hydrogens (tertiary/aromatic N) is 3. The fraction of sp³-hybridized carbons (Fsp3) is 0.556. The molecule has 132 valence electrons. The molecule has 6 nitrogen and oxygen atoms in total. The number of nitrogen functional groups attached to an aromatic ring is 1. The minimum atomic E-state index is 0.105. The molecule has 2 rings (SSSR count). The normalized spacial score (nSPS) is 11.4. The van der Waals surface area contributed by atoms with Crippen LogP contribution in [0.1, 0.15) is 33.6 Å². The molecule has 0 aliphatic heterocycles. The molecule has 1 aromatic carbocycles. The van der Waals surface area contributed by atoms with Crippen LogP contribution in [-0.4, -0.2) is 35.7 Å². The number of anilines is 2. The van der Waals surface area contributed by atoms with Crippen molar-refractivity contribution in [2.45, 2.75) is 40.2 Å². The number of imidazole rings is 1. The maximum absolute atomic E-state index is 12.2. The Kier molecular flexibility index (Phi) is 6.20. The monoisotopic (exact) mass is 332 g/mol. The predicted molar refractivity (Wildman–Crippen MR) is 98.1 cm³/mol. The van der Waals surface area contributed by atoms with Crippen molar-refractivity contribution in [2.24, 2.45) is 5.92 Å². The van der Waals surface area contributed by atoms with Crippen LogP contribution in [0.5, 0.6) is 0 Å². The third kappa shape index (κ3) is 4.26. The van der Waals surface area contributed by atoms with Crippen LogP contribution in [0.4, 0.5) is 11.6 Å². The number of benzene rings is 1. The molecule has 2 N–H and O–H groups in total. The van der Waals surface area contributed by atoms with Crippen LogP contribution in [0.15, 0.2) is 18.2 Å². The number of nitrogens with two attached hydrogens (primary N) is 1.